The van der Waals surface area contributed by atoms with Crippen molar-refractivity contribution in [2.45, 2.75) is 58.1 Å². The summed E-state index contributed by atoms with van der Waals surface area (Å²) in [5.74, 6) is 0.116. The molecule has 2 rings (SSSR count). The predicted molar refractivity (Wildman–Crippen MR) is 69.2 cm³/mol. The lowest BCUT2D eigenvalue weighted by Crippen LogP contribution is -2.32. The number of aliphatic hydroxyl groups is 1. The van der Waals surface area contributed by atoms with Gasteiger partial charge in [-0.3, -0.25) is 9.48 Å². The fourth-order valence-electron chi connectivity index (χ4n) is 2.69. The van der Waals surface area contributed by atoms with Crippen molar-refractivity contribution >= 4 is 5.78 Å². The SMILES string of the molecule is CCn1cc(CC(=O)C(O)C2CCCCC2)cn1. The molecule has 0 amide bonds. The van der Waals surface area contributed by atoms with Crippen LogP contribution < -0.4 is 0 Å². The van der Waals surface area contributed by atoms with Crippen molar-refractivity contribution in [2.75, 3.05) is 0 Å². The fourth-order valence-corrected chi connectivity index (χ4v) is 2.69. The number of hydrogen-bond acceptors (Lipinski definition) is 3. The van der Waals surface area contributed by atoms with Gasteiger partial charge in [0, 0.05) is 19.2 Å². The molecule has 1 aliphatic carbocycles. The molecule has 1 saturated carbocycles. The Kier molecular flexibility index (Phi) is 4.53. The zero-order valence-electron chi connectivity index (χ0n) is 11.0. The van der Waals surface area contributed by atoms with Gasteiger partial charge in [-0.1, -0.05) is 19.3 Å². The maximum Gasteiger partial charge on any atom is 0.166 e. The minimum Gasteiger partial charge on any atom is -0.385 e. The first-order chi connectivity index (χ1) is 8.70. The number of aliphatic hydroxyl groups excluding tert-OH is 1. The number of Topliss-reactive ketones (excluding diaryl/α,β-unsaturated/α-hetero) is 1. The third-order valence-electron chi connectivity index (χ3n) is 3.82. The molecule has 1 aliphatic rings. The molecule has 18 heavy (non-hydrogen) atoms. The highest BCUT2D eigenvalue weighted by Gasteiger charge is 2.27. The maximum atomic E-state index is 12.0. The number of rotatable bonds is 5. The molecule has 1 fully saturated rings. The van der Waals surface area contributed by atoms with Crippen LogP contribution in [0.2, 0.25) is 0 Å². The van der Waals surface area contributed by atoms with Gasteiger partial charge in [0.25, 0.3) is 0 Å². The summed E-state index contributed by atoms with van der Waals surface area (Å²) in [6.45, 7) is 2.81. The summed E-state index contributed by atoms with van der Waals surface area (Å²) in [6.07, 6.45) is 8.61. The summed E-state index contributed by atoms with van der Waals surface area (Å²) in [5, 5.41) is 14.2. The third kappa shape index (κ3) is 3.19. The Labute approximate surface area is 108 Å². The highest BCUT2D eigenvalue weighted by molar-refractivity contribution is 5.85. The van der Waals surface area contributed by atoms with Gasteiger partial charge in [0.1, 0.15) is 6.10 Å². The summed E-state index contributed by atoms with van der Waals surface area (Å²) in [5.41, 5.74) is 0.900. The largest absolute Gasteiger partial charge is 0.385 e. The zero-order valence-corrected chi connectivity index (χ0v) is 11.0. The standard InChI is InChI=1S/C14H22N2O2/c1-2-16-10-11(9-15-16)8-13(17)14(18)12-6-4-3-5-7-12/h9-10,12,14,18H,2-8H2,1H3. The molecule has 0 radical (unpaired) electrons. The van der Waals surface area contributed by atoms with E-state index in [-0.39, 0.29) is 11.7 Å². The first kappa shape index (κ1) is 13.3. The van der Waals surface area contributed by atoms with Gasteiger partial charge in [0.15, 0.2) is 5.78 Å². The van der Waals surface area contributed by atoms with Gasteiger partial charge in [-0.15, -0.1) is 0 Å². The lowest BCUT2D eigenvalue weighted by atomic mass is 9.83. The van der Waals surface area contributed by atoms with E-state index in [1.165, 1.54) is 6.42 Å². The van der Waals surface area contributed by atoms with Crippen molar-refractivity contribution < 1.29 is 9.90 Å². The molecule has 4 heteroatoms. The quantitative estimate of drug-likeness (QED) is 0.869. The topological polar surface area (TPSA) is 55.1 Å². The summed E-state index contributed by atoms with van der Waals surface area (Å²) in [7, 11) is 0. The van der Waals surface area contributed by atoms with E-state index in [9.17, 15) is 9.90 Å². The average Bonchev–Trinajstić information content (AvgIpc) is 2.86. The van der Waals surface area contributed by atoms with E-state index in [1.807, 2.05) is 13.1 Å². The lowest BCUT2D eigenvalue weighted by Gasteiger charge is -2.25. The van der Waals surface area contributed by atoms with E-state index in [0.717, 1.165) is 37.8 Å². The Morgan fingerprint density at radius 2 is 2.22 bits per heavy atom. The second kappa shape index (κ2) is 6.14. The van der Waals surface area contributed by atoms with Crippen LogP contribution in [0.5, 0.6) is 0 Å². The van der Waals surface area contributed by atoms with Crippen molar-refractivity contribution in [3.8, 4) is 0 Å². The van der Waals surface area contributed by atoms with Gasteiger partial charge < -0.3 is 5.11 Å². The monoisotopic (exact) mass is 250 g/mol. The van der Waals surface area contributed by atoms with Gasteiger partial charge in [-0.2, -0.15) is 5.10 Å². The van der Waals surface area contributed by atoms with Crippen molar-refractivity contribution in [2.24, 2.45) is 5.92 Å². The second-order valence-electron chi connectivity index (χ2n) is 5.19. The fraction of sp³-hybridized carbons (Fsp3) is 0.714. The van der Waals surface area contributed by atoms with Gasteiger partial charge in [-0.25, -0.2) is 0 Å². The van der Waals surface area contributed by atoms with Crippen LogP contribution in [-0.4, -0.2) is 26.8 Å². The summed E-state index contributed by atoms with van der Waals surface area (Å²) >= 11 is 0. The van der Waals surface area contributed by atoms with E-state index >= 15 is 0 Å². The van der Waals surface area contributed by atoms with Crippen LogP contribution >= 0.6 is 0 Å². The molecular weight excluding hydrogens is 228 g/mol. The van der Waals surface area contributed by atoms with Crippen LogP contribution in [0, 0.1) is 5.92 Å². The Hall–Kier alpha value is -1.16. The van der Waals surface area contributed by atoms with Crippen LogP contribution in [0.15, 0.2) is 12.4 Å². The zero-order chi connectivity index (χ0) is 13.0. The molecule has 1 unspecified atom stereocenters. The van der Waals surface area contributed by atoms with E-state index in [2.05, 4.69) is 5.10 Å². The first-order valence-corrected chi connectivity index (χ1v) is 6.93. The third-order valence-corrected chi connectivity index (χ3v) is 3.82. The Morgan fingerprint density at radius 3 is 2.83 bits per heavy atom. The van der Waals surface area contributed by atoms with Crippen molar-refractivity contribution in [3.05, 3.63) is 18.0 Å². The van der Waals surface area contributed by atoms with Crippen LogP contribution in [-0.2, 0) is 17.8 Å². The molecule has 4 nitrogen and oxygen atoms in total. The van der Waals surface area contributed by atoms with E-state index in [0.29, 0.717) is 6.42 Å². The molecule has 1 atom stereocenters. The number of aryl methyl sites for hydroxylation is 1. The Morgan fingerprint density at radius 1 is 1.50 bits per heavy atom. The summed E-state index contributed by atoms with van der Waals surface area (Å²) in [6, 6.07) is 0. The summed E-state index contributed by atoms with van der Waals surface area (Å²) in [4.78, 5) is 12.0. The molecule has 0 aliphatic heterocycles. The van der Waals surface area contributed by atoms with Crippen molar-refractivity contribution in [1.29, 1.82) is 0 Å². The molecule has 100 valence electrons. The van der Waals surface area contributed by atoms with Gasteiger partial charge in [0.05, 0.1) is 6.20 Å². The lowest BCUT2D eigenvalue weighted by molar-refractivity contribution is -0.129. The highest BCUT2D eigenvalue weighted by atomic mass is 16.3. The normalized spacial score (nSPS) is 18.8. The summed E-state index contributed by atoms with van der Waals surface area (Å²) < 4.78 is 1.80. The molecular formula is C14H22N2O2. The van der Waals surface area contributed by atoms with E-state index < -0.39 is 6.10 Å². The predicted octanol–water partition coefficient (Wildman–Crippen LogP) is 1.96. The van der Waals surface area contributed by atoms with Crippen LogP contribution in [0.25, 0.3) is 0 Å². The molecule has 0 saturated heterocycles. The van der Waals surface area contributed by atoms with Crippen LogP contribution in [0.1, 0.15) is 44.6 Å². The molecule has 1 heterocycles. The number of nitrogens with zero attached hydrogens (tertiary/aromatic N) is 2. The number of carbonyl (C=O) groups is 1. The van der Waals surface area contributed by atoms with Gasteiger partial charge in [-0.05, 0) is 31.2 Å². The van der Waals surface area contributed by atoms with Crippen LogP contribution in [0.3, 0.4) is 0 Å². The Balaban J connectivity index is 1.90. The number of carbonyl (C=O) groups excluding carboxylic acids is 1. The van der Waals surface area contributed by atoms with Crippen molar-refractivity contribution in [3.63, 3.8) is 0 Å². The number of aromatic nitrogens is 2. The first-order valence-electron chi connectivity index (χ1n) is 6.93. The number of hydrogen-bond donors (Lipinski definition) is 1. The van der Waals surface area contributed by atoms with E-state index in [4.69, 9.17) is 0 Å². The average molecular weight is 250 g/mol. The maximum absolute atomic E-state index is 12.0. The molecule has 1 aromatic heterocycles. The molecule has 1 aromatic rings. The van der Waals surface area contributed by atoms with Gasteiger partial charge >= 0.3 is 0 Å². The Bertz CT molecular complexity index is 394. The minimum absolute atomic E-state index is 0.0578. The molecule has 0 spiro atoms. The molecule has 0 bridgehead atoms. The molecule has 0 aromatic carbocycles. The second-order valence-corrected chi connectivity index (χ2v) is 5.19. The van der Waals surface area contributed by atoms with E-state index in [1.54, 1.807) is 10.9 Å². The highest BCUT2D eigenvalue weighted by Crippen LogP contribution is 2.27. The van der Waals surface area contributed by atoms with Crippen molar-refractivity contribution in [1.82, 2.24) is 9.78 Å². The van der Waals surface area contributed by atoms with Gasteiger partial charge in [0.2, 0.25) is 0 Å². The smallest absolute Gasteiger partial charge is 0.166 e. The minimum atomic E-state index is -0.782. The van der Waals surface area contributed by atoms with Crippen LogP contribution in [0.4, 0.5) is 0 Å². The molecule has 1 N–H and O–H groups in total. The number of ketones is 1.